The summed E-state index contributed by atoms with van der Waals surface area (Å²) in [6.45, 7) is 6.90. The van der Waals surface area contributed by atoms with Gasteiger partial charge >= 0.3 is 6.18 Å². The third-order valence-corrected chi connectivity index (χ3v) is 3.42. The second-order valence-corrected chi connectivity index (χ2v) is 6.15. The number of nitrogens with zero attached hydrogens (tertiary/aromatic N) is 1. The lowest BCUT2D eigenvalue weighted by molar-refractivity contribution is -0.188. The molecular formula is C13H25F3N2O. The fraction of sp³-hybridized carbons (Fsp3) is 1.00. The molecule has 6 heteroatoms. The maximum Gasteiger partial charge on any atom is 0.393 e. The summed E-state index contributed by atoms with van der Waals surface area (Å²) in [5.41, 5.74) is -1.00. The predicted octanol–water partition coefficient (Wildman–Crippen LogP) is 2.01. The average molecular weight is 282 g/mol. The van der Waals surface area contributed by atoms with E-state index in [0.717, 1.165) is 0 Å². The third kappa shape index (κ3) is 6.10. The van der Waals surface area contributed by atoms with Crippen molar-refractivity contribution < 1.29 is 18.3 Å². The standard InChI is InChI=1S/C13H25F3N2O/c1-10(2)17-8-12(3,19)9-18-6-4-5-11(7-18)13(14,15)16/h10-11,17,19H,4-9H2,1-3H3. The van der Waals surface area contributed by atoms with Crippen molar-refractivity contribution in [2.75, 3.05) is 26.2 Å². The van der Waals surface area contributed by atoms with Crippen LogP contribution in [0.15, 0.2) is 0 Å². The van der Waals surface area contributed by atoms with E-state index in [1.165, 1.54) is 0 Å². The number of nitrogens with one attached hydrogen (secondary N) is 1. The summed E-state index contributed by atoms with van der Waals surface area (Å²) in [5, 5.41) is 13.3. The maximum absolute atomic E-state index is 12.7. The Kier molecular flexibility index (Phi) is 5.65. The van der Waals surface area contributed by atoms with Crippen LogP contribution >= 0.6 is 0 Å². The fourth-order valence-electron chi connectivity index (χ4n) is 2.43. The van der Waals surface area contributed by atoms with Crippen LogP contribution in [0, 0.1) is 5.92 Å². The van der Waals surface area contributed by atoms with Crippen LogP contribution in [0.5, 0.6) is 0 Å². The summed E-state index contributed by atoms with van der Waals surface area (Å²) in [4.78, 5) is 1.73. The van der Waals surface area contributed by atoms with Crippen LogP contribution in [0.2, 0.25) is 0 Å². The molecule has 3 nitrogen and oxygen atoms in total. The van der Waals surface area contributed by atoms with Crippen LogP contribution in [0.25, 0.3) is 0 Å². The summed E-state index contributed by atoms with van der Waals surface area (Å²) in [6, 6.07) is 0.246. The van der Waals surface area contributed by atoms with E-state index in [2.05, 4.69) is 5.32 Å². The van der Waals surface area contributed by atoms with Crippen LogP contribution in [-0.4, -0.2) is 54.0 Å². The van der Waals surface area contributed by atoms with Gasteiger partial charge in [0.2, 0.25) is 0 Å². The highest BCUT2D eigenvalue weighted by Gasteiger charge is 2.42. The number of likely N-dealkylation sites (tertiary alicyclic amines) is 1. The van der Waals surface area contributed by atoms with Crippen molar-refractivity contribution >= 4 is 0 Å². The largest absolute Gasteiger partial charge is 0.393 e. The van der Waals surface area contributed by atoms with Crippen molar-refractivity contribution in [3.05, 3.63) is 0 Å². The monoisotopic (exact) mass is 282 g/mol. The van der Waals surface area contributed by atoms with Gasteiger partial charge in [-0.3, -0.25) is 4.90 Å². The molecule has 1 fully saturated rings. The van der Waals surface area contributed by atoms with Crippen molar-refractivity contribution in [3.8, 4) is 0 Å². The summed E-state index contributed by atoms with van der Waals surface area (Å²) >= 11 is 0. The first-order valence-corrected chi connectivity index (χ1v) is 6.85. The van der Waals surface area contributed by atoms with Gasteiger partial charge in [0.25, 0.3) is 0 Å². The number of alkyl halides is 3. The minimum absolute atomic E-state index is 0.00132. The van der Waals surface area contributed by atoms with Crippen LogP contribution in [0.3, 0.4) is 0 Å². The number of piperidine rings is 1. The Bertz CT molecular complexity index is 280. The second-order valence-electron chi connectivity index (χ2n) is 6.15. The zero-order chi connectivity index (χ0) is 14.7. The van der Waals surface area contributed by atoms with Crippen molar-refractivity contribution in [3.63, 3.8) is 0 Å². The smallest absolute Gasteiger partial charge is 0.388 e. The lowest BCUT2D eigenvalue weighted by Crippen LogP contribution is -2.52. The molecule has 19 heavy (non-hydrogen) atoms. The first-order valence-electron chi connectivity index (χ1n) is 6.85. The number of rotatable bonds is 5. The van der Waals surface area contributed by atoms with Crippen LogP contribution < -0.4 is 5.32 Å². The lowest BCUT2D eigenvalue weighted by Gasteiger charge is -2.38. The number of aliphatic hydroxyl groups is 1. The molecule has 0 aromatic rings. The zero-order valence-electron chi connectivity index (χ0n) is 11.9. The highest BCUT2D eigenvalue weighted by molar-refractivity contribution is 4.85. The van der Waals surface area contributed by atoms with Gasteiger partial charge in [0.05, 0.1) is 11.5 Å². The topological polar surface area (TPSA) is 35.5 Å². The van der Waals surface area contributed by atoms with E-state index in [0.29, 0.717) is 19.5 Å². The van der Waals surface area contributed by atoms with Crippen LogP contribution in [-0.2, 0) is 0 Å². The SMILES string of the molecule is CC(C)NCC(C)(O)CN1CCCC(C(F)(F)F)C1. The van der Waals surface area contributed by atoms with E-state index in [1.807, 2.05) is 13.8 Å². The number of hydrogen-bond donors (Lipinski definition) is 2. The molecule has 0 aromatic heterocycles. The molecule has 0 aromatic carbocycles. The Labute approximate surface area is 113 Å². The van der Waals surface area contributed by atoms with Gasteiger partial charge in [-0.05, 0) is 26.3 Å². The number of halogens is 3. The van der Waals surface area contributed by atoms with E-state index in [9.17, 15) is 18.3 Å². The molecule has 0 amide bonds. The summed E-state index contributed by atoms with van der Waals surface area (Å²) in [5.74, 6) is -1.25. The highest BCUT2D eigenvalue weighted by Crippen LogP contribution is 2.33. The molecule has 0 spiro atoms. The molecule has 2 unspecified atom stereocenters. The lowest BCUT2D eigenvalue weighted by atomic mass is 9.95. The zero-order valence-corrected chi connectivity index (χ0v) is 11.9. The number of hydrogen-bond acceptors (Lipinski definition) is 3. The Balaban J connectivity index is 2.47. The van der Waals surface area contributed by atoms with E-state index in [4.69, 9.17) is 0 Å². The van der Waals surface area contributed by atoms with E-state index in [1.54, 1.807) is 11.8 Å². The summed E-state index contributed by atoms with van der Waals surface area (Å²) in [7, 11) is 0. The van der Waals surface area contributed by atoms with Crippen LogP contribution in [0.1, 0.15) is 33.6 Å². The van der Waals surface area contributed by atoms with E-state index >= 15 is 0 Å². The van der Waals surface area contributed by atoms with Crippen molar-refractivity contribution in [1.29, 1.82) is 0 Å². The van der Waals surface area contributed by atoms with Gasteiger partial charge in [0.1, 0.15) is 0 Å². The molecule has 1 saturated heterocycles. The maximum atomic E-state index is 12.7. The van der Waals surface area contributed by atoms with Gasteiger partial charge in [-0.15, -0.1) is 0 Å². The third-order valence-electron chi connectivity index (χ3n) is 3.42. The Morgan fingerprint density at radius 1 is 1.37 bits per heavy atom. The molecule has 2 atom stereocenters. The van der Waals surface area contributed by atoms with Gasteiger partial charge < -0.3 is 10.4 Å². The van der Waals surface area contributed by atoms with E-state index in [-0.39, 0.29) is 25.6 Å². The molecule has 0 saturated carbocycles. The van der Waals surface area contributed by atoms with Gasteiger partial charge in [-0.1, -0.05) is 13.8 Å². The Morgan fingerprint density at radius 2 is 2.00 bits per heavy atom. The molecule has 1 aliphatic heterocycles. The first-order chi connectivity index (χ1) is 8.60. The van der Waals surface area contributed by atoms with Gasteiger partial charge in [0.15, 0.2) is 0 Å². The van der Waals surface area contributed by atoms with Gasteiger partial charge in [0, 0.05) is 25.7 Å². The molecule has 0 radical (unpaired) electrons. The normalized spacial score (nSPS) is 25.6. The molecular weight excluding hydrogens is 257 g/mol. The Hall–Kier alpha value is -0.330. The molecule has 1 rings (SSSR count). The molecule has 0 bridgehead atoms. The van der Waals surface area contributed by atoms with Crippen molar-refractivity contribution in [2.24, 2.45) is 5.92 Å². The molecule has 0 aliphatic carbocycles. The molecule has 1 heterocycles. The summed E-state index contributed by atoms with van der Waals surface area (Å²) in [6.07, 6.45) is -3.38. The average Bonchev–Trinajstić information content (AvgIpc) is 2.25. The van der Waals surface area contributed by atoms with Gasteiger partial charge in [-0.2, -0.15) is 13.2 Å². The van der Waals surface area contributed by atoms with Gasteiger partial charge in [-0.25, -0.2) is 0 Å². The quantitative estimate of drug-likeness (QED) is 0.809. The predicted molar refractivity (Wildman–Crippen MR) is 69.0 cm³/mol. The van der Waals surface area contributed by atoms with Crippen molar-refractivity contribution in [2.45, 2.75) is 51.4 Å². The fourth-order valence-corrected chi connectivity index (χ4v) is 2.43. The highest BCUT2D eigenvalue weighted by atomic mass is 19.4. The van der Waals surface area contributed by atoms with E-state index < -0.39 is 17.7 Å². The van der Waals surface area contributed by atoms with Crippen LogP contribution in [0.4, 0.5) is 13.2 Å². The van der Waals surface area contributed by atoms with Crippen molar-refractivity contribution in [1.82, 2.24) is 10.2 Å². The minimum atomic E-state index is -4.12. The molecule has 114 valence electrons. The second kappa shape index (κ2) is 6.41. The molecule has 2 N–H and O–H groups in total. The first kappa shape index (κ1) is 16.7. The minimum Gasteiger partial charge on any atom is -0.388 e. The summed E-state index contributed by atoms with van der Waals surface area (Å²) < 4.78 is 38.1. The Morgan fingerprint density at radius 3 is 2.53 bits per heavy atom. The molecule has 1 aliphatic rings. The number of β-amino-alcohol motifs (C(OH)–C–C–N with tert-alkyl or cyclic N) is 1.